The molecule has 2 rings (SSSR count). The molecule has 0 aliphatic rings. The smallest absolute Gasteiger partial charge is 0.145 e. The van der Waals surface area contributed by atoms with Gasteiger partial charge in [0.1, 0.15) is 16.7 Å². The third-order valence-corrected chi connectivity index (χ3v) is 2.90. The number of hydrogen-bond donors (Lipinski definition) is 0. The number of benzene rings is 2. The van der Waals surface area contributed by atoms with Crippen molar-refractivity contribution in [2.45, 2.75) is 13.8 Å². The molecule has 0 N–H and O–H groups in total. The van der Waals surface area contributed by atoms with Gasteiger partial charge in [-0.2, -0.15) is 0 Å². The summed E-state index contributed by atoms with van der Waals surface area (Å²) in [5.74, 6) is -1.47. The molecule has 0 radical (unpaired) electrons. The van der Waals surface area contributed by atoms with Gasteiger partial charge in [-0.15, -0.1) is 0 Å². The molecule has 0 aliphatic carbocycles. The van der Waals surface area contributed by atoms with Crippen LogP contribution >= 0.6 is 11.6 Å². The first-order valence-electron chi connectivity index (χ1n) is 5.20. The van der Waals surface area contributed by atoms with Crippen LogP contribution in [-0.2, 0) is 0 Å². The molecule has 0 nitrogen and oxygen atoms in total. The van der Waals surface area contributed by atoms with Gasteiger partial charge in [-0.1, -0.05) is 40.9 Å². The number of halogens is 3. The van der Waals surface area contributed by atoms with Crippen molar-refractivity contribution in [3.63, 3.8) is 0 Å². The molecule has 17 heavy (non-hydrogen) atoms. The molecule has 0 saturated heterocycles. The molecular formula is C14H11ClF2. The van der Waals surface area contributed by atoms with Crippen molar-refractivity contribution in [3.8, 4) is 11.1 Å². The molecule has 0 fully saturated rings. The second-order valence-corrected chi connectivity index (χ2v) is 4.51. The minimum atomic E-state index is -0.735. The summed E-state index contributed by atoms with van der Waals surface area (Å²) in [4.78, 5) is 0. The maximum Gasteiger partial charge on any atom is 0.145 e. The molecule has 0 aromatic heterocycles. The summed E-state index contributed by atoms with van der Waals surface area (Å²) < 4.78 is 26.7. The molecule has 0 saturated carbocycles. The third kappa shape index (κ3) is 2.47. The van der Waals surface area contributed by atoms with Crippen molar-refractivity contribution in [2.24, 2.45) is 0 Å². The Morgan fingerprint density at radius 1 is 0.765 bits per heavy atom. The van der Waals surface area contributed by atoms with E-state index < -0.39 is 16.7 Å². The Labute approximate surface area is 104 Å². The first-order chi connectivity index (χ1) is 7.97. The lowest BCUT2D eigenvalue weighted by atomic mass is 10.0. The zero-order chi connectivity index (χ0) is 12.6. The Bertz CT molecular complexity index is 533. The molecule has 2 aromatic carbocycles. The highest BCUT2D eigenvalue weighted by molar-refractivity contribution is 6.31. The summed E-state index contributed by atoms with van der Waals surface area (Å²) in [6.07, 6.45) is 0. The minimum Gasteiger partial charge on any atom is -0.205 e. The van der Waals surface area contributed by atoms with Gasteiger partial charge >= 0.3 is 0 Å². The van der Waals surface area contributed by atoms with Crippen molar-refractivity contribution in [1.82, 2.24) is 0 Å². The fraction of sp³-hybridized carbons (Fsp3) is 0.143. The van der Waals surface area contributed by atoms with Crippen LogP contribution in [0, 0.1) is 25.5 Å². The van der Waals surface area contributed by atoms with Gasteiger partial charge in [-0.3, -0.25) is 0 Å². The highest BCUT2D eigenvalue weighted by Gasteiger charge is 2.10. The Kier molecular flexibility index (Phi) is 3.16. The zero-order valence-electron chi connectivity index (χ0n) is 9.52. The lowest BCUT2D eigenvalue weighted by molar-refractivity contribution is 0.585. The van der Waals surface area contributed by atoms with Crippen LogP contribution in [0.3, 0.4) is 0 Å². The summed E-state index contributed by atoms with van der Waals surface area (Å²) in [6, 6.07) is 8.27. The standard InChI is InChI=1S/C14H11ClF2/c1-8-3-9(2)5-10(4-8)11-6-12(16)14(15)13(17)7-11/h3-7H,1-2H3. The van der Waals surface area contributed by atoms with Crippen LogP contribution < -0.4 is 0 Å². The zero-order valence-corrected chi connectivity index (χ0v) is 10.3. The third-order valence-electron chi connectivity index (χ3n) is 2.54. The molecule has 0 heterocycles. The molecule has 0 amide bonds. The van der Waals surface area contributed by atoms with Crippen LogP contribution in [0.15, 0.2) is 30.3 Å². The topological polar surface area (TPSA) is 0 Å². The molecule has 2 aromatic rings. The predicted octanol–water partition coefficient (Wildman–Crippen LogP) is 4.90. The van der Waals surface area contributed by atoms with Crippen molar-refractivity contribution in [2.75, 3.05) is 0 Å². The number of rotatable bonds is 1. The molecule has 3 heteroatoms. The molecule has 0 unspecified atom stereocenters. The van der Waals surface area contributed by atoms with Crippen LogP contribution in [0.25, 0.3) is 11.1 Å². The molecule has 0 aliphatic heterocycles. The van der Waals surface area contributed by atoms with Gasteiger partial charge in [0.2, 0.25) is 0 Å². The van der Waals surface area contributed by atoms with Crippen molar-refractivity contribution >= 4 is 11.6 Å². The lowest BCUT2D eigenvalue weighted by Crippen LogP contribution is -1.88. The van der Waals surface area contributed by atoms with Crippen molar-refractivity contribution in [1.29, 1.82) is 0 Å². The van der Waals surface area contributed by atoms with E-state index in [1.165, 1.54) is 12.1 Å². The summed E-state index contributed by atoms with van der Waals surface area (Å²) in [6.45, 7) is 3.89. The molecular weight excluding hydrogens is 242 g/mol. The van der Waals surface area contributed by atoms with E-state index in [1.54, 1.807) is 0 Å². The van der Waals surface area contributed by atoms with Gasteiger partial charge in [-0.25, -0.2) is 8.78 Å². The number of hydrogen-bond acceptors (Lipinski definition) is 0. The van der Waals surface area contributed by atoms with Gasteiger partial charge in [0.15, 0.2) is 0 Å². The van der Waals surface area contributed by atoms with Crippen LogP contribution in [0.5, 0.6) is 0 Å². The fourth-order valence-electron chi connectivity index (χ4n) is 1.86. The summed E-state index contributed by atoms with van der Waals surface area (Å²) in [5, 5.41) is -0.460. The molecule has 0 atom stereocenters. The van der Waals surface area contributed by atoms with Crippen LogP contribution in [0.2, 0.25) is 5.02 Å². The van der Waals surface area contributed by atoms with Gasteiger partial charge in [0, 0.05) is 0 Å². The second-order valence-electron chi connectivity index (χ2n) is 4.13. The molecule has 88 valence electrons. The van der Waals surface area contributed by atoms with E-state index in [1.807, 2.05) is 32.0 Å². The van der Waals surface area contributed by atoms with E-state index in [0.717, 1.165) is 16.7 Å². The summed E-state index contributed by atoms with van der Waals surface area (Å²) in [7, 11) is 0. The largest absolute Gasteiger partial charge is 0.205 e. The molecule has 0 spiro atoms. The maximum atomic E-state index is 13.4. The van der Waals surface area contributed by atoms with E-state index in [4.69, 9.17) is 11.6 Å². The van der Waals surface area contributed by atoms with Crippen molar-refractivity contribution in [3.05, 3.63) is 58.1 Å². The Hall–Kier alpha value is -1.41. The average molecular weight is 253 g/mol. The summed E-state index contributed by atoms with van der Waals surface area (Å²) in [5.41, 5.74) is 3.39. The van der Waals surface area contributed by atoms with Gasteiger partial charge in [0.25, 0.3) is 0 Å². The van der Waals surface area contributed by atoms with E-state index in [2.05, 4.69) is 0 Å². The predicted molar refractivity (Wildman–Crippen MR) is 66.3 cm³/mol. The first kappa shape index (κ1) is 12.1. The highest BCUT2D eigenvalue weighted by Crippen LogP contribution is 2.28. The Morgan fingerprint density at radius 3 is 1.65 bits per heavy atom. The van der Waals surface area contributed by atoms with E-state index in [0.29, 0.717) is 5.56 Å². The fourth-order valence-corrected chi connectivity index (χ4v) is 1.97. The minimum absolute atomic E-state index is 0.460. The molecule has 0 bridgehead atoms. The Balaban J connectivity index is 2.60. The van der Waals surface area contributed by atoms with Crippen LogP contribution in [0.4, 0.5) is 8.78 Å². The highest BCUT2D eigenvalue weighted by atomic mass is 35.5. The van der Waals surface area contributed by atoms with E-state index in [-0.39, 0.29) is 0 Å². The lowest BCUT2D eigenvalue weighted by Gasteiger charge is -2.07. The van der Waals surface area contributed by atoms with Gasteiger partial charge in [-0.05, 0) is 37.1 Å². The second kappa shape index (κ2) is 4.46. The first-order valence-corrected chi connectivity index (χ1v) is 5.58. The van der Waals surface area contributed by atoms with E-state index in [9.17, 15) is 8.78 Å². The number of aryl methyl sites for hydroxylation is 2. The average Bonchev–Trinajstić information content (AvgIpc) is 2.23. The maximum absolute atomic E-state index is 13.4. The van der Waals surface area contributed by atoms with Crippen LogP contribution in [0.1, 0.15) is 11.1 Å². The van der Waals surface area contributed by atoms with Crippen LogP contribution in [-0.4, -0.2) is 0 Å². The Morgan fingerprint density at radius 2 is 1.18 bits per heavy atom. The van der Waals surface area contributed by atoms with Gasteiger partial charge < -0.3 is 0 Å². The van der Waals surface area contributed by atoms with Crippen molar-refractivity contribution < 1.29 is 8.78 Å². The monoisotopic (exact) mass is 252 g/mol. The SMILES string of the molecule is Cc1cc(C)cc(-c2cc(F)c(Cl)c(F)c2)c1. The van der Waals surface area contributed by atoms with E-state index >= 15 is 0 Å². The summed E-state index contributed by atoms with van der Waals surface area (Å²) >= 11 is 5.45. The van der Waals surface area contributed by atoms with Gasteiger partial charge in [0.05, 0.1) is 0 Å². The normalized spacial score (nSPS) is 10.6. The quantitative estimate of drug-likeness (QED) is 0.633.